The van der Waals surface area contributed by atoms with Gasteiger partial charge in [-0.15, -0.1) is 0 Å². The number of nitrogens with zero attached hydrogens (tertiary/aromatic N) is 1. The summed E-state index contributed by atoms with van der Waals surface area (Å²) in [6.07, 6.45) is 0.824. The molecule has 1 amide bonds. The van der Waals surface area contributed by atoms with E-state index >= 15 is 0 Å². The molecule has 2 atom stereocenters. The van der Waals surface area contributed by atoms with Crippen LogP contribution in [0.3, 0.4) is 0 Å². The lowest BCUT2D eigenvalue weighted by molar-refractivity contribution is -0.142. The maximum Gasteiger partial charge on any atom is 0.296 e. The Balaban J connectivity index is 2.15. The van der Waals surface area contributed by atoms with Crippen LogP contribution in [-0.4, -0.2) is 29.9 Å². The third kappa shape index (κ3) is 2.94. The van der Waals surface area contributed by atoms with Crippen molar-refractivity contribution < 1.29 is 13.6 Å². The van der Waals surface area contributed by atoms with Crippen molar-refractivity contribution in [2.75, 3.05) is 13.1 Å². The Morgan fingerprint density at radius 3 is 2.55 bits per heavy atom. The predicted molar refractivity (Wildman–Crippen MR) is 73.7 cm³/mol. The van der Waals surface area contributed by atoms with Gasteiger partial charge in [-0.25, -0.2) is 0 Å². The minimum absolute atomic E-state index is 0.296. The maximum atomic E-state index is 14.3. The first-order chi connectivity index (χ1) is 9.32. The summed E-state index contributed by atoms with van der Waals surface area (Å²) in [4.78, 5) is 13.5. The average Bonchev–Trinajstić information content (AvgIpc) is 2.84. The highest BCUT2D eigenvalue weighted by molar-refractivity contribution is 6.30. The SMILES string of the molecule is C[C@H]1CCN(C(=O)C(N)C(F)(F)c2ccc(Cl)cc2)C1. The molecule has 3 nitrogen and oxygen atoms in total. The first-order valence-corrected chi connectivity index (χ1v) is 6.88. The van der Waals surface area contributed by atoms with Crippen molar-refractivity contribution in [3.63, 3.8) is 0 Å². The van der Waals surface area contributed by atoms with Crippen molar-refractivity contribution in [2.24, 2.45) is 11.7 Å². The summed E-state index contributed by atoms with van der Waals surface area (Å²) in [6.45, 7) is 2.96. The molecule has 0 bridgehead atoms. The quantitative estimate of drug-likeness (QED) is 0.933. The molecule has 0 saturated carbocycles. The van der Waals surface area contributed by atoms with E-state index in [4.69, 9.17) is 17.3 Å². The van der Waals surface area contributed by atoms with Crippen molar-refractivity contribution in [3.8, 4) is 0 Å². The van der Waals surface area contributed by atoms with Gasteiger partial charge in [-0.2, -0.15) is 8.78 Å². The molecule has 1 unspecified atom stereocenters. The van der Waals surface area contributed by atoms with Crippen molar-refractivity contribution in [1.82, 2.24) is 4.90 Å². The van der Waals surface area contributed by atoms with E-state index in [-0.39, 0.29) is 5.56 Å². The molecule has 1 aromatic carbocycles. The summed E-state index contributed by atoms with van der Waals surface area (Å²) in [5.74, 6) is -3.78. The number of amides is 1. The van der Waals surface area contributed by atoms with Crippen molar-refractivity contribution in [2.45, 2.75) is 25.3 Å². The van der Waals surface area contributed by atoms with Gasteiger partial charge in [0.05, 0.1) is 0 Å². The molecule has 110 valence electrons. The van der Waals surface area contributed by atoms with Gasteiger partial charge in [0.15, 0.2) is 6.04 Å². The largest absolute Gasteiger partial charge is 0.341 e. The number of carbonyl (C=O) groups excluding carboxylic acids is 1. The predicted octanol–water partition coefficient (Wildman–Crippen LogP) is 2.63. The number of benzene rings is 1. The molecule has 1 aliphatic heterocycles. The normalized spacial score (nSPS) is 21.1. The van der Waals surface area contributed by atoms with E-state index in [0.29, 0.717) is 24.0 Å². The van der Waals surface area contributed by atoms with Crippen LogP contribution in [0.15, 0.2) is 24.3 Å². The Kier molecular flexibility index (Phi) is 4.30. The number of rotatable bonds is 3. The molecule has 0 radical (unpaired) electrons. The molecule has 0 aliphatic carbocycles. The summed E-state index contributed by atoms with van der Waals surface area (Å²) >= 11 is 5.67. The first-order valence-electron chi connectivity index (χ1n) is 6.50. The highest BCUT2D eigenvalue weighted by Crippen LogP contribution is 2.33. The van der Waals surface area contributed by atoms with E-state index in [1.165, 1.54) is 29.2 Å². The Labute approximate surface area is 121 Å². The molecular weight excluding hydrogens is 286 g/mol. The van der Waals surface area contributed by atoms with Crippen LogP contribution in [0.25, 0.3) is 0 Å². The fourth-order valence-corrected chi connectivity index (χ4v) is 2.46. The lowest BCUT2D eigenvalue weighted by atomic mass is 10.0. The monoisotopic (exact) mass is 302 g/mol. The van der Waals surface area contributed by atoms with Gasteiger partial charge in [0.25, 0.3) is 5.92 Å². The highest BCUT2D eigenvalue weighted by atomic mass is 35.5. The van der Waals surface area contributed by atoms with Gasteiger partial charge in [0.1, 0.15) is 0 Å². The van der Waals surface area contributed by atoms with Crippen LogP contribution in [0.2, 0.25) is 5.02 Å². The van der Waals surface area contributed by atoms with Gasteiger partial charge in [-0.1, -0.05) is 30.7 Å². The molecule has 6 heteroatoms. The van der Waals surface area contributed by atoms with Crippen LogP contribution in [0.1, 0.15) is 18.9 Å². The smallest absolute Gasteiger partial charge is 0.296 e. The Morgan fingerprint density at radius 1 is 1.45 bits per heavy atom. The van der Waals surface area contributed by atoms with Gasteiger partial charge in [0.2, 0.25) is 5.91 Å². The van der Waals surface area contributed by atoms with Crippen molar-refractivity contribution >= 4 is 17.5 Å². The molecule has 2 N–H and O–H groups in total. The minimum Gasteiger partial charge on any atom is -0.341 e. The number of hydrogen-bond donors (Lipinski definition) is 1. The molecule has 2 rings (SSSR count). The van der Waals surface area contributed by atoms with Crippen LogP contribution < -0.4 is 5.73 Å². The second-order valence-electron chi connectivity index (χ2n) is 5.29. The number of halogens is 3. The maximum absolute atomic E-state index is 14.3. The van der Waals surface area contributed by atoms with Crippen LogP contribution in [0.4, 0.5) is 8.78 Å². The third-order valence-electron chi connectivity index (χ3n) is 3.62. The topological polar surface area (TPSA) is 46.3 Å². The zero-order valence-corrected chi connectivity index (χ0v) is 11.9. The molecule has 1 aromatic rings. The number of alkyl halides is 2. The summed E-state index contributed by atoms with van der Waals surface area (Å²) < 4.78 is 28.5. The molecule has 1 fully saturated rings. The summed E-state index contributed by atoms with van der Waals surface area (Å²) in [5, 5.41) is 0.359. The molecule has 1 saturated heterocycles. The Bertz CT molecular complexity index is 492. The van der Waals surface area contributed by atoms with E-state index in [2.05, 4.69) is 0 Å². The third-order valence-corrected chi connectivity index (χ3v) is 3.87. The van der Waals surface area contributed by atoms with Crippen LogP contribution >= 0.6 is 11.6 Å². The van der Waals surface area contributed by atoms with Gasteiger partial charge >= 0.3 is 0 Å². The average molecular weight is 303 g/mol. The van der Waals surface area contributed by atoms with Crippen molar-refractivity contribution in [3.05, 3.63) is 34.9 Å². The zero-order chi connectivity index (χ0) is 14.9. The zero-order valence-electron chi connectivity index (χ0n) is 11.2. The van der Waals surface area contributed by atoms with Crippen LogP contribution in [0, 0.1) is 5.92 Å². The van der Waals surface area contributed by atoms with Crippen LogP contribution in [-0.2, 0) is 10.7 Å². The number of hydrogen-bond acceptors (Lipinski definition) is 2. The second-order valence-corrected chi connectivity index (χ2v) is 5.72. The van der Waals surface area contributed by atoms with Gasteiger partial charge in [-0.05, 0) is 24.5 Å². The fraction of sp³-hybridized carbons (Fsp3) is 0.500. The lowest BCUT2D eigenvalue weighted by Gasteiger charge is -2.27. The molecule has 1 heterocycles. The molecule has 0 aromatic heterocycles. The van der Waals surface area contributed by atoms with E-state index in [9.17, 15) is 13.6 Å². The van der Waals surface area contributed by atoms with Gasteiger partial charge in [0, 0.05) is 23.7 Å². The fourth-order valence-electron chi connectivity index (χ4n) is 2.34. The van der Waals surface area contributed by atoms with Crippen molar-refractivity contribution in [1.29, 1.82) is 0 Å². The van der Waals surface area contributed by atoms with E-state index < -0.39 is 17.9 Å². The van der Waals surface area contributed by atoms with E-state index in [1.54, 1.807) is 0 Å². The summed E-state index contributed by atoms with van der Waals surface area (Å²) in [6, 6.07) is 3.25. The Morgan fingerprint density at radius 2 is 2.05 bits per heavy atom. The minimum atomic E-state index is -3.41. The Hall–Kier alpha value is -1.20. The first kappa shape index (κ1) is 15.2. The number of nitrogens with two attached hydrogens (primary N) is 1. The van der Waals surface area contributed by atoms with E-state index in [1.807, 2.05) is 6.92 Å². The van der Waals surface area contributed by atoms with Crippen LogP contribution in [0.5, 0.6) is 0 Å². The highest BCUT2D eigenvalue weighted by Gasteiger charge is 2.45. The van der Waals surface area contributed by atoms with E-state index in [0.717, 1.165) is 6.42 Å². The number of likely N-dealkylation sites (tertiary alicyclic amines) is 1. The molecule has 20 heavy (non-hydrogen) atoms. The molecule has 1 aliphatic rings. The van der Waals surface area contributed by atoms with Gasteiger partial charge in [-0.3, -0.25) is 4.79 Å². The lowest BCUT2D eigenvalue weighted by Crippen LogP contribution is -2.51. The van der Waals surface area contributed by atoms with Gasteiger partial charge < -0.3 is 10.6 Å². The molecular formula is C14H17ClF2N2O. The number of carbonyl (C=O) groups is 1. The second kappa shape index (κ2) is 5.66. The standard InChI is InChI=1S/C14H17ClF2N2O/c1-9-6-7-19(8-9)13(20)12(18)14(16,17)10-2-4-11(15)5-3-10/h2-5,9,12H,6-8,18H2,1H3/t9-,12?/m0/s1. The summed E-state index contributed by atoms with van der Waals surface area (Å²) in [7, 11) is 0. The molecule has 0 spiro atoms. The summed E-state index contributed by atoms with van der Waals surface area (Å²) in [5.41, 5.74) is 5.22.